The Hall–Kier alpha value is -0.450. The molecule has 2 saturated carbocycles. The Kier molecular flexibility index (Phi) is 2.00. The third kappa shape index (κ3) is 0.928. The van der Waals surface area contributed by atoms with E-state index in [0.717, 1.165) is 39.1 Å². The standard InChI is InChI=1S/C14H21NO3/c1-12-4-3-10-13(12,2)18-9-14(10,11(12)16)15-5-7-17-8-6-15/h10H,3-9H2,1-2H3/t10-,12+,13+,14-/m1/s1. The SMILES string of the molecule is C[C@@]12CC[C@H]3[C@](N4CCOCC4)(CO[C@@]31C)C2=O. The number of hydrogen-bond acceptors (Lipinski definition) is 4. The van der Waals surface area contributed by atoms with E-state index in [9.17, 15) is 4.79 Å². The molecule has 2 aliphatic heterocycles. The van der Waals surface area contributed by atoms with Gasteiger partial charge in [-0.1, -0.05) is 0 Å². The van der Waals surface area contributed by atoms with E-state index >= 15 is 0 Å². The van der Waals surface area contributed by atoms with Gasteiger partial charge < -0.3 is 9.47 Å². The Morgan fingerprint density at radius 1 is 1.28 bits per heavy atom. The molecule has 2 aliphatic carbocycles. The van der Waals surface area contributed by atoms with Gasteiger partial charge in [-0.25, -0.2) is 0 Å². The van der Waals surface area contributed by atoms with E-state index in [1.165, 1.54) is 0 Å². The minimum atomic E-state index is -0.328. The van der Waals surface area contributed by atoms with Crippen molar-refractivity contribution in [3.63, 3.8) is 0 Å². The summed E-state index contributed by atoms with van der Waals surface area (Å²) in [6.45, 7) is 8.12. The second kappa shape index (κ2) is 3.17. The van der Waals surface area contributed by atoms with Gasteiger partial charge >= 0.3 is 0 Å². The molecular weight excluding hydrogens is 230 g/mol. The first-order valence-electron chi connectivity index (χ1n) is 7.07. The van der Waals surface area contributed by atoms with Crippen molar-refractivity contribution in [1.29, 1.82) is 0 Å². The van der Waals surface area contributed by atoms with Crippen molar-refractivity contribution in [2.45, 2.75) is 37.8 Å². The summed E-state index contributed by atoms with van der Waals surface area (Å²) in [5.41, 5.74) is -0.803. The molecule has 4 atom stereocenters. The quantitative estimate of drug-likeness (QED) is 0.692. The smallest absolute Gasteiger partial charge is 0.164 e. The van der Waals surface area contributed by atoms with E-state index < -0.39 is 0 Å². The molecule has 2 heterocycles. The number of rotatable bonds is 1. The normalized spacial score (nSPS) is 55.4. The average molecular weight is 251 g/mol. The maximum Gasteiger partial charge on any atom is 0.164 e. The molecule has 4 nitrogen and oxygen atoms in total. The summed E-state index contributed by atoms with van der Waals surface area (Å²) in [6.07, 6.45) is 2.13. The van der Waals surface area contributed by atoms with Crippen molar-refractivity contribution >= 4 is 5.78 Å². The van der Waals surface area contributed by atoms with Crippen LogP contribution in [0.25, 0.3) is 0 Å². The zero-order valence-corrected chi connectivity index (χ0v) is 11.2. The molecule has 4 heteroatoms. The molecule has 0 spiro atoms. The van der Waals surface area contributed by atoms with Gasteiger partial charge in [-0.05, 0) is 26.7 Å². The number of ketones is 1. The van der Waals surface area contributed by atoms with Crippen molar-refractivity contribution in [3.05, 3.63) is 0 Å². The summed E-state index contributed by atoms with van der Waals surface area (Å²) in [7, 11) is 0. The van der Waals surface area contributed by atoms with E-state index in [1.54, 1.807) is 0 Å². The topological polar surface area (TPSA) is 38.8 Å². The van der Waals surface area contributed by atoms with E-state index in [0.29, 0.717) is 18.3 Å². The maximum atomic E-state index is 13.0. The predicted octanol–water partition coefficient (Wildman–Crippen LogP) is 0.845. The van der Waals surface area contributed by atoms with Crippen LogP contribution >= 0.6 is 0 Å². The first kappa shape index (κ1) is 11.4. The molecule has 0 aromatic carbocycles. The van der Waals surface area contributed by atoms with Gasteiger partial charge in [-0.2, -0.15) is 0 Å². The average Bonchev–Trinajstić information content (AvgIpc) is 2.88. The second-order valence-corrected chi connectivity index (χ2v) is 6.67. The number of nitrogens with zero attached hydrogens (tertiary/aromatic N) is 1. The Labute approximate surface area is 108 Å². The van der Waals surface area contributed by atoms with Crippen molar-refractivity contribution in [1.82, 2.24) is 4.90 Å². The van der Waals surface area contributed by atoms with Crippen LogP contribution in [0.15, 0.2) is 0 Å². The van der Waals surface area contributed by atoms with Crippen LogP contribution in [0.3, 0.4) is 0 Å². The van der Waals surface area contributed by atoms with Gasteiger partial charge in [0.05, 0.1) is 30.8 Å². The minimum absolute atomic E-state index is 0.220. The third-order valence-corrected chi connectivity index (χ3v) is 6.33. The number of hydrogen-bond donors (Lipinski definition) is 0. The fraction of sp³-hybridized carbons (Fsp3) is 0.929. The fourth-order valence-electron chi connectivity index (χ4n) is 5.11. The molecule has 4 bridgehead atoms. The van der Waals surface area contributed by atoms with Gasteiger partial charge in [-0.15, -0.1) is 0 Å². The Morgan fingerprint density at radius 3 is 2.61 bits per heavy atom. The lowest BCUT2D eigenvalue weighted by Gasteiger charge is -2.47. The van der Waals surface area contributed by atoms with Crippen molar-refractivity contribution in [3.8, 4) is 0 Å². The van der Waals surface area contributed by atoms with Crippen molar-refractivity contribution < 1.29 is 14.3 Å². The van der Waals surface area contributed by atoms with Crippen LogP contribution in [0.5, 0.6) is 0 Å². The lowest BCUT2D eigenvalue weighted by atomic mass is 9.72. The van der Waals surface area contributed by atoms with Crippen LogP contribution in [0.4, 0.5) is 0 Å². The van der Waals surface area contributed by atoms with Crippen LogP contribution in [-0.4, -0.2) is 54.7 Å². The van der Waals surface area contributed by atoms with E-state index in [-0.39, 0.29) is 16.6 Å². The van der Waals surface area contributed by atoms with Gasteiger partial charge in [0.2, 0.25) is 0 Å². The molecule has 18 heavy (non-hydrogen) atoms. The summed E-state index contributed by atoms with van der Waals surface area (Å²) < 4.78 is 11.6. The van der Waals surface area contributed by atoms with Crippen LogP contribution in [-0.2, 0) is 14.3 Å². The molecule has 4 fully saturated rings. The zero-order valence-electron chi connectivity index (χ0n) is 11.2. The largest absolute Gasteiger partial charge is 0.379 e. The molecule has 0 aromatic heterocycles. The van der Waals surface area contributed by atoms with Crippen LogP contribution < -0.4 is 0 Å². The molecule has 0 N–H and O–H groups in total. The van der Waals surface area contributed by atoms with Gasteiger partial charge in [0.25, 0.3) is 0 Å². The van der Waals surface area contributed by atoms with E-state index in [2.05, 4.69) is 18.7 Å². The van der Waals surface area contributed by atoms with Gasteiger partial charge in [-0.3, -0.25) is 9.69 Å². The molecule has 0 unspecified atom stereocenters. The number of ether oxygens (including phenoxy) is 2. The van der Waals surface area contributed by atoms with Crippen LogP contribution in [0, 0.1) is 11.3 Å². The predicted molar refractivity (Wildman–Crippen MR) is 65.3 cm³/mol. The van der Waals surface area contributed by atoms with Gasteiger partial charge in [0, 0.05) is 19.0 Å². The molecule has 0 aromatic rings. The molecule has 4 rings (SSSR count). The number of Topliss-reactive ketones (excluding diaryl/α,β-unsaturated/α-hetero) is 1. The third-order valence-electron chi connectivity index (χ3n) is 6.33. The molecule has 0 radical (unpaired) electrons. The lowest BCUT2D eigenvalue weighted by Crippen LogP contribution is -2.64. The van der Waals surface area contributed by atoms with Crippen molar-refractivity contribution in [2.24, 2.45) is 11.3 Å². The molecule has 0 amide bonds. The molecule has 100 valence electrons. The van der Waals surface area contributed by atoms with Crippen LogP contribution in [0.1, 0.15) is 26.7 Å². The van der Waals surface area contributed by atoms with Gasteiger partial charge in [0.15, 0.2) is 5.78 Å². The number of carbonyl (C=O) groups is 1. The highest BCUT2D eigenvalue weighted by Crippen LogP contribution is 2.69. The highest BCUT2D eigenvalue weighted by molar-refractivity contribution is 6.00. The monoisotopic (exact) mass is 251 g/mol. The first-order chi connectivity index (χ1) is 8.56. The Bertz CT molecular complexity index is 419. The van der Waals surface area contributed by atoms with Crippen molar-refractivity contribution in [2.75, 3.05) is 32.9 Å². The summed E-state index contributed by atoms with van der Waals surface area (Å²) >= 11 is 0. The Balaban J connectivity index is 1.80. The molecule has 4 aliphatic rings. The number of morpholine rings is 1. The summed E-state index contributed by atoms with van der Waals surface area (Å²) in [5, 5.41) is 0. The fourth-order valence-corrected chi connectivity index (χ4v) is 5.11. The molecule has 2 saturated heterocycles. The summed E-state index contributed by atoms with van der Waals surface area (Å²) in [5.74, 6) is 0.836. The maximum absolute atomic E-state index is 13.0. The molecular formula is C14H21NO3. The lowest BCUT2D eigenvalue weighted by molar-refractivity contribution is -0.163. The van der Waals surface area contributed by atoms with Gasteiger partial charge in [0.1, 0.15) is 5.54 Å². The van der Waals surface area contributed by atoms with E-state index in [1.807, 2.05) is 0 Å². The highest BCUT2D eigenvalue weighted by atomic mass is 16.5. The summed E-state index contributed by atoms with van der Waals surface area (Å²) in [4.78, 5) is 15.4. The zero-order chi connectivity index (χ0) is 12.6. The van der Waals surface area contributed by atoms with Crippen LogP contribution in [0.2, 0.25) is 0 Å². The van der Waals surface area contributed by atoms with E-state index in [4.69, 9.17) is 9.47 Å². The number of carbonyl (C=O) groups excluding carboxylic acids is 1. The summed E-state index contributed by atoms with van der Waals surface area (Å²) in [6, 6.07) is 0. The minimum Gasteiger partial charge on any atom is -0.379 e. The second-order valence-electron chi connectivity index (χ2n) is 6.67. The Morgan fingerprint density at radius 2 is 2.00 bits per heavy atom. The first-order valence-corrected chi connectivity index (χ1v) is 7.07. The highest BCUT2D eigenvalue weighted by Gasteiger charge is 2.81.